The van der Waals surface area contributed by atoms with E-state index >= 15 is 0 Å². The summed E-state index contributed by atoms with van der Waals surface area (Å²) in [5.74, 6) is -0.161. The van der Waals surface area contributed by atoms with Crippen molar-refractivity contribution >= 4 is 17.5 Å². The Balaban J connectivity index is 1.67. The third kappa shape index (κ3) is 4.06. The fourth-order valence-corrected chi connectivity index (χ4v) is 2.91. The molecule has 25 heavy (non-hydrogen) atoms. The molecule has 0 spiro atoms. The van der Waals surface area contributed by atoms with E-state index < -0.39 is 0 Å². The summed E-state index contributed by atoms with van der Waals surface area (Å²) in [7, 11) is 0. The molecule has 1 N–H and O–H groups in total. The molecule has 2 aromatic carbocycles. The molecule has 1 aliphatic heterocycles. The van der Waals surface area contributed by atoms with Gasteiger partial charge in [-0.3, -0.25) is 9.59 Å². The normalized spacial score (nSPS) is 17.2. The molecule has 5 nitrogen and oxygen atoms in total. The predicted molar refractivity (Wildman–Crippen MR) is 96.9 cm³/mol. The number of hydrogen-bond acceptors (Lipinski definition) is 3. The van der Waals surface area contributed by atoms with Crippen LogP contribution in [0.2, 0.25) is 0 Å². The largest absolute Gasteiger partial charge is 0.375 e. The molecule has 0 aliphatic carbocycles. The summed E-state index contributed by atoms with van der Waals surface area (Å²) in [4.78, 5) is 26.7. The number of nitrogens with one attached hydrogen (secondary N) is 1. The third-order valence-electron chi connectivity index (χ3n) is 4.31. The minimum Gasteiger partial charge on any atom is -0.375 e. The second-order valence-corrected chi connectivity index (χ2v) is 6.28. The maximum atomic E-state index is 12.5. The highest BCUT2D eigenvalue weighted by Gasteiger charge is 2.22. The number of aryl methyl sites for hydroxylation is 1. The van der Waals surface area contributed by atoms with Gasteiger partial charge in [-0.05, 0) is 49.7 Å². The van der Waals surface area contributed by atoms with Gasteiger partial charge in [-0.25, -0.2) is 0 Å². The lowest BCUT2D eigenvalue weighted by Crippen LogP contribution is -2.44. The van der Waals surface area contributed by atoms with Gasteiger partial charge in [0, 0.05) is 29.9 Å². The van der Waals surface area contributed by atoms with Crippen molar-refractivity contribution in [2.24, 2.45) is 0 Å². The Bertz CT molecular complexity index is 771. The van der Waals surface area contributed by atoms with E-state index in [2.05, 4.69) is 5.32 Å². The topological polar surface area (TPSA) is 58.6 Å². The van der Waals surface area contributed by atoms with Crippen molar-refractivity contribution < 1.29 is 14.3 Å². The lowest BCUT2D eigenvalue weighted by molar-refractivity contribution is -0.0124. The van der Waals surface area contributed by atoms with Crippen LogP contribution in [0.1, 0.15) is 33.2 Å². The predicted octanol–water partition coefficient (Wildman–Crippen LogP) is 3.11. The quantitative estimate of drug-likeness (QED) is 0.935. The Labute approximate surface area is 147 Å². The van der Waals surface area contributed by atoms with Gasteiger partial charge in [-0.15, -0.1) is 0 Å². The Morgan fingerprint density at radius 1 is 1.12 bits per heavy atom. The SMILES string of the molecule is Cc1ccccc1C(=O)Nc1ccc(C(=O)N2CCOC(C)C2)cc1. The lowest BCUT2D eigenvalue weighted by Gasteiger charge is -2.31. The van der Waals surface area contributed by atoms with E-state index in [-0.39, 0.29) is 17.9 Å². The van der Waals surface area contributed by atoms with Crippen molar-refractivity contribution in [3.05, 3.63) is 65.2 Å². The minimum atomic E-state index is -0.154. The van der Waals surface area contributed by atoms with Crippen LogP contribution < -0.4 is 5.32 Å². The monoisotopic (exact) mass is 338 g/mol. The first-order valence-electron chi connectivity index (χ1n) is 8.42. The number of rotatable bonds is 3. The average molecular weight is 338 g/mol. The molecule has 0 saturated carbocycles. The molecule has 1 aliphatic rings. The van der Waals surface area contributed by atoms with Gasteiger partial charge in [0.05, 0.1) is 12.7 Å². The first-order valence-corrected chi connectivity index (χ1v) is 8.42. The molecule has 1 saturated heterocycles. The third-order valence-corrected chi connectivity index (χ3v) is 4.31. The zero-order valence-corrected chi connectivity index (χ0v) is 14.5. The Kier molecular flexibility index (Phi) is 5.14. The number of ether oxygens (including phenoxy) is 1. The van der Waals surface area contributed by atoms with Crippen molar-refractivity contribution in [2.75, 3.05) is 25.0 Å². The van der Waals surface area contributed by atoms with Crippen LogP contribution in [0.5, 0.6) is 0 Å². The van der Waals surface area contributed by atoms with E-state index in [0.717, 1.165) is 5.56 Å². The van der Waals surface area contributed by atoms with Crippen LogP contribution in [0.4, 0.5) is 5.69 Å². The standard InChI is InChI=1S/C20H22N2O3/c1-14-5-3-4-6-18(14)19(23)21-17-9-7-16(8-10-17)20(24)22-11-12-25-15(2)13-22/h3-10,15H,11-13H2,1-2H3,(H,21,23). The molecule has 0 bridgehead atoms. The summed E-state index contributed by atoms with van der Waals surface area (Å²) in [6.07, 6.45) is 0.0605. The average Bonchev–Trinajstić information content (AvgIpc) is 2.62. The number of morpholine rings is 1. The Morgan fingerprint density at radius 2 is 1.84 bits per heavy atom. The first kappa shape index (κ1) is 17.2. The fraction of sp³-hybridized carbons (Fsp3) is 0.300. The van der Waals surface area contributed by atoms with Crippen molar-refractivity contribution in [1.82, 2.24) is 4.90 Å². The first-order chi connectivity index (χ1) is 12.0. The highest BCUT2D eigenvalue weighted by Crippen LogP contribution is 2.16. The molecule has 1 heterocycles. The van der Waals surface area contributed by atoms with Crippen LogP contribution in [0.3, 0.4) is 0 Å². The maximum absolute atomic E-state index is 12.5. The molecule has 1 unspecified atom stereocenters. The van der Waals surface area contributed by atoms with E-state index in [1.165, 1.54) is 0 Å². The summed E-state index contributed by atoms with van der Waals surface area (Å²) < 4.78 is 5.47. The summed E-state index contributed by atoms with van der Waals surface area (Å²) in [6, 6.07) is 14.4. The number of nitrogens with zero attached hydrogens (tertiary/aromatic N) is 1. The van der Waals surface area contributed by atoms with Gasteiger partial charge in [0.1, 0.15) is 0 Å². The molecule has 130 valence electrons. The number of anilines is 1. The van der Waals surface area contributed by atoms with E-state index in [9.17, 15) is 9.59 Å². The number of hydrogen-bond donors (Lipinski definition) is 1. The number of carbonyl (C=O) groups excluding carboxylic acids is 2. The highest BCUT2D eigenvalue weighted by molar-refractivity contribution is 6.05. The zero-order chi connectivity index (χ0) is 17.8. The van der Waals surface area contributed by atoms with E-state index in [4.69, 9.17) is 4.74 Å². The van der Waals surface area contributed by atoms with Crippen LogP contribution in [0.15, 0.2) is 48.5 Å². The smallest absolute Gasteiger partial charge is 0.255 e. The van der Waals surface area contributed by atoms with E-state index in [0.29, 0.717) is 36.5 Å². The lowest BCUT2D eigenvalue weighted by atomic mass is 10.1. The van der Waals surface area contributed by atoms with Crippen molar-refractivity contribution in [3.63, 3.8) is 0 Å². The van der Waals surface area contributed by atoms with Crippen LogP contribution in [-0.4, -0.2) is 42.5 Å². The summed E-state index contributed by atoms with van der Waals surface area (Å²) >= 11 is 0. The molecule has 1 atom stereocenters. The van der Waals surface area contributed by atoms with E-state index in [1.54, 1.807) is 35.2 Å². The second kappa shape index (κ2) is 7.49. The van der Waals surface area contributed by atoms with Crippen molar-refractivity contribution in [3.8, 4) is 0 Å². The Hall–Kier alpha value is -2.66. The molecule has 5 heteroatoms. The minimum absolute atomic E-state index is 0.00747. The number of amides is 2. The van der Waals surface area contributed by atoms with Crippen LogP contribution in [0, 0.1) is 6.92 Å². The molecular weight excluding hydrogens is 316 g/mol. The van der Waals surface area contributed by atoms with Crippen molar-refractivity contribution in [1.29, 1.82) is 0 Å². The summed E-state index contributed by atoms with van der Waals surface area (Å²) in [5.41, 5.74) is 2.85. The molecule has 3 rings (SSSR count). The van der Waals surface area contributed by atoms with Gasteiger partial charge >= 0.3 is 0 Å². The van der Waals surface area contributed by atoms with E-state index in [1.807, 2.05) is 32.0 Å². The molecular formula is C20H22N2O3. The Morgan fingerprint density at radius 3 is 2.52 bits per heavy atom. The molecule has 2 amide bonds. The van der Waals surface area contributed by atoms with Crippen LogP contribution >= 0.6 is 0 Å². The van der Waals surface area contributed by atoms with Gasteiger partial charge in [-0.2, -0.15) is 0 Å². The number of benzene rings is 2. The maximum Gasteiger partial charge on any atom is 0.255 e. The summed E-state index contributed by atoms with van der Waals surface area (Å²) in [6.45, 7) is 5.64. The highest BCUT2D eigenvalue weighted by atomic mass is 16.5. The van der Waals surface area contributed by atoms with Gasteiger partial charge < -0.3 is 15.0 Å². The van der Waals surface area contributed by atoms with Gasteiger partial charge in [0.15, 0.2) is 0 Å². The van der Waals surface area contributed by atoms with Gasteiger partial charge in [-0.1, -0.05) is 18.2 Å². The molecule has 1 fully saturated rings. The van der Waals surface area contributed by atoms with Crippen LogP contribution in [-0.2, 0) is 4.74 Å². The van der Waals surface area contributed by atoms with Crippen molar-refractivity contribution in [2.45, 2.75) is 20.0 Å². The molecule has 2 aromatic rings. The second-order valence-electron chi connectivity index (χ2n) is 6.28. The van der Waals surface area contributed by atoms with Gasteiger partial charge in [0.2, 0.25) is 0 Å². The molecule has 0 aromatic heterocycles. The zero-order valence-electron chi connectivity index (χ0n) is 14.5. The molecule has 0 radical (unpaired) electrons. The summed E-state index contributed by atoms with van der Waals surface area (Å²) in [5, 5.41) is 2.87. The van der Waals surface area contributed by atoms with Crippen LogP contribution in [0.25, 0.3) is 0 Å². The number of carbonyl (C=O) groups is 2. The fourth-order valence-electron chi connectivity index (χ4n) is 2.91. The van der Waals surface area contributed by atoms with Gasteiger partial charge in [0.25, 0.3) is 11.8 Å².